The van der Waals surface area contributed by atoms with Gasteiger partial charge in [0.15, 0.2) is 5.82 Å². The summed E-state index contributed by atoms with van der Waals surface area (Å²) in [6.45, 7) is 1.93. The van der Waals surface area contributed by atoms with Gasteiger partial charge < -0.3 is 5.11 Å². The molecular weight excluding hydrogens is 266 g/mol. The summed E-state index contributed by atoms with van der Waals surface area (Å²) in [5.74, 6) is -0.238. The number of carbonyl (C=O) groups is 1. The van der Waals surface area contributed by atoms with E-state index < -0.39 is 5.97 Å². The summed E-state index contributed by atoms with van der Waals surface area (Å²) >= 11 is 0. The minimum Gasteiger partial charge on any atom is -0.478 e. The molecule has 0 saturated carbocycles. The quantitative estimate of drug-likeness (QED) is 0.748. The third-order valence-electron chi connectivity index (χ3n) is 3.17. The molecule has 21 heavy (non-hydrogen) atoms. The van der Waals surface area contributed by atoms with Crippen LogP contribution in [0.2, 0.25) is 0 Å². The Labute approximate surface area is 121 Å². The van der Waals surface area contributed by atoms with Gasteiger partial charge in [0.1, 0.15) is 0 Å². The first-order chi connectivity index (χ1) is 10.1. The van der Waals surface area contributed by atoms with Crippen LogP contribution in [0.5, 0.6) is 0 Å². The second kappa shape index (κ2) is 5.20. The maximum Gasteiger partial charge on any atom is 0.328 e. The summed E-state index contributed by atoms with van der Waals surface area (Å²) in [7, 11) is 0. The molecule has 0 amide bonds. The van der Waals surface area contributed by atoms with Crippen molar-refractivity contribution in [3.05, 3.63) is 59.9 Å². The van der Waals surface area contributed by atoms with Gasteiger partial charge in [-0.2, -0.15) is 5.10 Å². The molecule has 0 radical (unpaired) electrons. The lowest BCUT2D eigenvalue weighted by atomic mass is 10.2. The second-order valence-corrected chi connectivity index (χ2v) is 4.70. The van der Waals surface area contributed by atoms with E-state index >= 15 is 0 Å². The molecule has 0 unspecified atom stereocenters. The number of nitrogens with zero attached hydrogens (tertiary/aromatic N) is 3. The Morgan fingerprint density at radius 2 is 2.10 bits per heavy atom. The summed E-state index contributed by atoms with van der Waals surface area (Å²) in [4.78, 5) is 14.9. The maximum atomic E-state index is 10.5. The maximum absolute atomic E-state index is 10.5. The zero-order chi connectivity index (χ0) is 14.8. The van der Waals surface area contributed by atoms with Crippen LogP contribution in [-0.2, 0) is 4.79 Å². The summed E-state index contributed by atoms with van der Waals surface area (Å²) in [6.07, 6.45) is 6.06. The van der Waals surface area contributed by atoms with Crippen molar-refractivity contribution in [3.8, 4) is 5.82 Å². The molecule has 5 nitrogen and oxygen atoms in total. The van der Waals surface area contributed by atoms with Crippen molar-refractivity contribution in [1.82, 2.24) is 14.8 Å². The molecule has 3 aromatic rings. The molecule has 0 spiro atoms. The number of rotatable bonds is 3. The number of carboxylic acid groups (broad SMARTS) is 1. The fourth-order valence-electron chi connectivity index (χ4n) is 2.21. The Balaban J connectivity index is 2.05. The highest BCUT2D eigenvalue weighted by molar-refractivity contribution is 5.85. The molecule has 5 heteroatoms. The van der Waals surface area contributed by atoms with E-state index in [2.05, 4.69) is 10.1 Å². The van der Waals surface area contributed by atoms with E-state index in [4.69, 9.17) is 5.11 Å². The molecule has 3 rings (SSSR count). The summed E-state index contributed by atoms with van der Waals surface area (Å²) in [5.41, 5.74) is 2.66. The van der Waals surface area contributed by atoms with Crippen LogP contribution >= 0.6 is 0 Å². The van der Waals surface area contributed by atoms with Crippen LogP contribution in [0.25, 0.3) is 22.8 Å². The monoisotopic (exact) mass is 279 g/mol. The van der Waals surface area contributed by atoms with Gasteiger partial charge in [-0.3, -0.25) is 0 Å². The fraction of sp³-hybridized carbons (Fsp3) is 0.0625. The zero-order valence-corrected chi connectivity index (χ0v) is 11.4. The number of aromatic nitrogens is 3. The Morgan fingerprint density at radius 3 is 2.86 bits per heavy atom. The Bertz CT molecular complexity index is 850. The van der Waals surface area contributed by atoms with Gasteiger partial charge in [-0.05, 0) is 36.3 Å². The average molecular weight is 279 g/mol. The predicted molar refractivity (Wildman–Crippen MR) is 80.3 cm³/mol. The molecule has 1 N–H and O–H groups in total. The molecule has 2 aromatic heterocycles. The Morgan fingerprint density at radius 1 is 1.29 bits per heavy atom. The average Bonchev–Trinajstić information content (AvgIpc) is 2.89. The van der Waals surface area contributed by atoms with Gasteiger partial charge >= 0.3 is 5.97 Å². The van der Waals surface area contributed by atoms with Crippen LogP contribution < -0.4 is 0 Å². The minimum absolute atomic E-state index is 0.740. The van der Waals surface area contributed by atoms with E-state index in [1.54, 1.807) is 17.1 Å². The van der Waals surface area contributed by atoms with Crippen LogP contribution in [-0.4, -0.2) is 25.8 Å². The normalized spacial score (nSPS) is 11.3. The van der Waals surface area contributed by atoms with E-state index in [0.717, 1.165) is 33.9 Å². The van der Waals surface area contributed by atoms with Crippen molar-refractivity contribution in [3.63, 3.8) is 0 Å². The molecule has 0 saturated heterocycles. The Kier molecular flexibility index (Phi) is 3.23. The number of benzene rings is 1. The number of carboxylic acids is 1. The predicted octanol–water partition coefficient (Wildman–Crippen LogP) is 2.83. The van der Waals surface area contributed by atoms with E-state index in [9.17, 15) is 4.79 Å². The van der Waals surface area contributed by atoms with Crippen LogP contribution in [0, 0.1) is 6.92 Å². The molecule has 104 valence electrons. The number of fused-ring (bicyclic) bond motifs is 1. The number of pyridine rings is 1. The number of hydrogen-bond donors (Lipinski definition) is 1. The molecule has 0 bridgehead atoms. The number of hydrogen-bond acceptors (Lipinski definition) is 3. The van der Waals surface area contributed by atoms with Gasteiger partial charge in [0.25, 0.3) is 0 Å². The van der Waals surface area contributed by atoms with E-state index in [1.165, 1.54) is 6.08 Å². The fourth-order valence-corrected chi connectivity index (χ4v) is 2.21. The molecule has 0 fully saturated rings. The third-order valence-corrected chi connectivity index (χ3v) is 3.17. The molecule has 1 aromatic carbocycles. The first-order valence-electron chi connectivity index (χ1n) is 6.46. The van der Waals surface area contributed by atoms with Crippen molar-refractivity contribution >= 4 is 22.9 Å². The summed E-state index contributed by atoms with van der Waals surface area (Å²) in [5, 5.41) is 14.1. The molecule has 0 aliphatic heterocycles. The number of para-hydroxylation sites is 1. The van der Waals surface area contributed by atoms with Gasteiger partial charge in [-0.1, -0.05) is 18.2 Å². The molecule has 0 aliphatic carbocycles. The number of aliphatic carboxylic acids is 1. The minimum atomic E-state index is -0.977. The van der Waals surface area contributed by atoms with E-state index in [0.29, 0.717) is 0 Å². The van der Waals surface area contributed by atoms with Crippen molar-refractivity contribution in [2.45, 2.75) is 6.92 Å². The van der Waals surface area contributed by atoms with Gasteiger partial charge in [0.05, 0.1) is 11.7 Å². The summed E-state index contributed by atoms with van der Waals surface area (Å²) < 4.78 is 1.79. The van der Waals surface area contributed by atoms with Crippen LogP contribution in [0.3, 0.4) is 0 Å². The van der Waals surface area contributed by atoms with Crippen LogP contribution in [0.15, 0.2) is 48.8 Å². The zero-order valence-electron chi connectivity index (χ0n) is 11.4. The molecule has 0 aliphatic rings. The molecular formula is C16H13N3O2. The van der Waals surface area contributed by atoms with Gasteiger partial charge in [0, 0.05) is 17.7 Å². The highest BCUT2D eigenvalue weighted by Gasteiger charge is 2.08. The van der Waals surface area contributed by atoms with Crippen LogP contribution in [0.1, 0.15) is 11.1 Å². The van der Waals surface area contributed by atoms with Gasteiger partial charge in [-0.25, -0.2) is 14.5 Å². The first-order valence-corrected chi connectivity index (χ1v) is 6.46. The summed E-state index contributed by atoms with van der Waals surface area (Å²) in [6, 6.07) is 9.80. The third kappa shape index (κ3) is 2.53. The van der Waals surface area contributed by atoms with E-state index in [-0.39, 0.29) is 0 Å². The largest absolute Gasteiger partial charge is 0.478 e. The van der Waals surface area contributed by atoms with Crippen molar-refractivity contribution in [2.24, 2.45) is 0 Å². The van der Waals surface area contributed by atoms with E-state index in [1.807, 2.05) is 37.3 Å². The molecule has 0 atom stereocenters. The lowest BCUT2D eigenvalue weighted by Gasteiger charge is -2.07. The SMILES string of the molecule is Cc1cc(/C=C/C(=O)O)cnc1-n1ncc2ccccc21. The Hall–Kier alpha value is -2.95. The lowest BCUT2D eigenvalue weighted by molar-refractivity contribution is -0.131. The number of aryl methyl sites for hydroxylation is 1. The standard InChI is InChI=1S/C16H13N3O2/c1-11-8-12(6-7-15(20)21)9-17-16(11)19-14-5-3-2-4-13(14)10-18-19/h2-10H,1H3,(H,20,21)/b7-6+. The smallest absolute Gasteiger partial charge is 0.328 e. The first kappa shape index (κ1) is 13.1. The van der Waals surface area contributed by atoms with Crippen molar-refractivity contribution < 1.29 is 9.90 Å². The van der Waals surface area contributed by atoms with Gasteiger partial charge in [0.2, 0.25) is 0 Å². The van der Waals surface area contributed by atoms with Crippen molar-refractivity contribution in [1.29, 1.82) is 0 Å². The van der Waals surface area contributed by atoms with Crippen molar-refractivity contribution in [2.75, 3.05) is 0 Å². The highest BCUT2D eigenvalue weighted by atomic mass is 16.4. The molecule has 2 heterocycles. The highest BCUT2D eigenvalue weighted by Crippen LogP contribution is 2.19. The lowest BCUT2D eigenvalue weighted by Crippen LogP contribution is -2.02. The van der Waals surface area contributed by atoms with Gasteiger partial charge in [-0.15, -0.1) is 0 Å². The topological polar surface area (TPSA) is 68.0 Å². The van der Waals surface area contributed by atoms with Crippen LogP contribution in [0.4, 0.5) is 0 Å². The second-order valence-electron chi connectivity index (χ2n) is 4.70.